The summed E-state index contributed by atoms with van der Waals surface area (Å²) < 4.78 is 0. The van der Waals surface area contributed by atoms with Crippen molar-refractivity contribution in [3.05, 3.63) is 108 Å². The maximum Gasteiger partial charge on any atom is 0.247 e. The number of hydrogen-bond acceptors (Lipinski definition) is 1. The fourth-order valence-electron chi connectivity index (χ4n) is 6.40. The van der Waals surface area contributed by atoms with E-state index in [2.05, 4.69) is 117 Å². The Hall–Kier alpha value is -3.78. The highest BCUT2D eigenvalue weighted by Gasteiger charge is 2.40. The number of fused-ring (bicyclic) bond motifs is 5. The van der Waals surface area contributed by atoms with Crippen molar-refractivity contribution in [1.29, 1.82) is 0 Å². The SMILES string of the molecule is Cc1cc(C)c(B2c3ccccc3N3c4ccccc4-c4cccc5ccc2c3c45)c(C)c1. The summed E-state index contributed by atoms with van der Waals surface area (Å²) >= 11 is 0. The lowest BCUT2D eigenvalue weighted by atomic mass is 9.33. The second-order valence-corrected chi connectivity index (χ2v) is 9.56. The Balaban J connectivity index is 1.67. The highest BCUT2D eigenvalue weighted by molar-refractivity contribution is 6.98. The highest BCUT2D eigenvalue weighted by atomic mass is 15.2. The summed E-state index contributed by atoms with van der Waals surface area (Å²) in [5, 5.41) is 2.68. The molecule has 0 radical (unpaired) electrons. The molecule has 2 aliphatic heterocycles. The minimum atomic E-state index is 0.218. The van der Waals surface area contributed by atoms with Crippen LogP contribution in [0.15, 0.2) is 91.0 Å². The van der Waals surface area contributed by atoms with Gasteiger partial charge in [-0.1, -0.05) is 101 Å². The summed E-state index contributed by atoms with van der Waals surface area (Å²) in [6.07, 6.45) is 0. The van der Waals surface area contributed by atoms with Crippen molar-refractivity contribution in [2.45, 2.75) is 20.8 Å². The van der Waals surface area contributed by atoms with Crippen LogP contribution in [0.3, 0.4) is 0 Å². The van der Waals surface area contributed by atoms with E-state index in [0.29, 0.717) is 0 Å². The predicted molar refractivity (Wildman–Crippen MR) is 143 cm³/mol. The van der Waals surface area contributed by atoms with E-state index in [-0.39, 0.29) is 6.71 Å². The molecule has 0 saturated heterocycles. The van der Waals surface area contributed by atoms with Gasteiger partial charge >= 0.3 is 0 Å². The van der Waals surface area contributed by atoms with Crippen molar-refractivity contribution in [2.75, 3.05) is 4.90 Å². The molecule has 156 valence electrons. The van der Waals surface area contributed by atoms with Gasteiger partial charge in [0.15, 0.2) is 0 Å². The van der Waals surface area contributed by atoms with E-state index < -0.39 is 0 Å². The van der Waals surface area contributed by atoms with Gasteiger partial charge in [0.2, 0.25) is 6.71 Å². The fraction of sp³-hybridized carbons (Fsp3) is 0.0968. The molecule has 0 aliphatic carbocycles. The summed E-state index contributed by atoms with van der Waals surface area (Å²) in [5.41, 5.74) is 14.9. The van der Waals surface area contributed by atoms with Gasteiger partial charge < -0.3 is 4.90 Å². The third-order valence-electron chi connectivity index (χ3n) is 7.53. The number of para-hydroxylation sites is 2. The maximum absolute atomic E-state index is 2.52. The Morgan fingerprint density at radius 3 is 2.12 bits per heavy atom. The second-order valence-electron chi connectivity index (χ2n) is 9.56. The van der Waals surface area contributed by atoms with Crippen molar-refractivity contribution in [3.63, 3.8) is 0 Å². The van der Waals surface area contributed by atoms with Gasteiger partial charge in [-0.25, -0.2) is 0 Å². The fourth-order valence-corrected chi connectivity index (χ4v) is 6.40. The molecule has 2 aliphatic rings. The molecule has 0 saturated carbocycles. The van der Waals surface area contributed by atoms with Crippen LogP contribution in [0.4, 0.5) is 17.1 Å². The molecule has 2 heteroatoms. The summed E-state index contributed by atoms with van der Waals surface area (Å²) in [6, 6.07) is 34.0. The predicted octanol–water partition coefficient (Wildman–Crippen LogP) is 6.04. The van der Waals surface area contributed by atoms with Gasteiger partial charge in [0.05, 0.1) is 5.69 Å². The molecule has 0 unspecified atom stereocenters. The van der Waals surface area contributed by atoms with E-state index in [1.54, 1.807) is 0 Å². The monoisotopic (exact) mass is 421 g/mol. The minimum Gasteiger partial charge on any atom is -0.310 e. The molecule has 0 atom stereocenters. The molecule has 7 rings (SSSR count). The Morgan fingerprint density at radius 2 is 1.30 bits per heavy atom. The number of nitrogens with zero attached hydrogens (tertiary/aromatic N) is 1. The molecule has 1 nitrogen and oxygen atoms in total. The average Bonchev–Trinajstić information content (AvgIpc) is 2.82. The van der Waals surface area contributed by atoms with E-state index in [4.69, 9.17) is 0 Å². The van der Waals surface area contributed by atoms with Gasteiger partial charge in [-0.3, -0.25) is 0 Å². The lowest BCUT2D eigenvalue weighted by Gasteiger charge is -2.42. The van der Waals surface area contributed by atoms with Crippen molar-refractivity contribution in [3.8, 4) is 11.1 Å². The summed E-state index contributed by atoms with van der Waals surface area (Å²) in [6.45, 7) is 6.97. The number of anilines is 3. The minimum absolute atomic E-state index is 0.218. The zero-order valence-corrected chi connectivity index (χ0v) is 19.2. The molecule has 2 heterocycles. The first kappa shape index (κ1) is 18.8. The van der Waals surface area contributed by atoms with Crippen LogP contribution in [0, 0.1) is 20.8 Å². The van der Waals surface area contributed by atoms with E-state index in [9.17, 15) is 0 Å². The van der Waals surface area contributed by atoms with Gasteiger partial charge in [-0.15, -0.1) is 0 Å². The number of rotatable bonds is 1. The van der Waals surface area contributed by atoms with Crippen LogP contribution in [-0.4, -0.2) is 6.71 Å². The quantitative estimate of drug-likeness (QED) is 0.292. The Labute approximate surface area is 195 Å². The summed E-state index contributed by atoms with van der Waals surface area (Å²) in [7, 11) is 0. The standard InChI is InChI=1S/C31H24BN/c1-19-17-20(2)30(21(3)18-19)32-25-12-5-7-14-28(25)33-27-13-6-4-10-23(27)24-11-8-9-22-15-16-26(32)31(33)29(22)24/h4-18H,1-3H3. The van der Waals surface area contributed by atoms with Crippen molar-refractivity contribution in [1.82, 2.24) is 0 Å². The van der Waals surface area contributed by atoms with Gasteiger partial charge in [0, 0.05) is 22.3 Å². The normalized spacial score (nSPS) is 13.2. The maximum atomic E-state index is 2.52. The van der Waals surface area contributed by atoms with Crippen LogP contribution in [0.1, 0.15) is 16.7 Å². The largest absolute Gasteiger partial charge is 0.310 e. The van der Waals surface area contributed by atoms with Crippen LogP contribution in [0.25, 0.3) is 21.9 Å². The van der Waals surface area contributed by atoms with E-state index >= 15 is 0 Å². The molecule has 0 N–H and O–H groups in total. The molecular formula is C31H24BN. The summed E-state index contributed by atoms with van der Waals surface area (Å²) in [4.78, 5) is 2.52. The van der Waals surface area contributed by atoms with Crippen molar-refractivity contribution < 1.29 is 0 Å². The van der Waals surface area contributed by atoms with E-state index in [0.717, 1.165) is 0 Å². The first-order valence-electron chi connectivity index (χ1n) is 11.8. The number of benzene rings is 5. The van der Waals surface area contributed by atoms with Gasteiger partial charge in [0.25, 0.3) is 0 Å². The molecule has 0 spiro atoms. The first-order valence-corrected chi connectivity index (χ1v) is 11.8. The average molecular weight is 421 g/mol. The lowest BCUT2D eigenvalue weighted by Crippen LogP contribution is -2.59. The zero-order chi connectivity index (χ0) is 22.3. The molecular weight excluding hydrogens is 397 g/mol. The van der Waals surface area contributed by atoms with Gasteiger partial charge in [-0.05, 0) is 54.8 Å². The van der Waals surface area contributed by atoms with Crippen LogP contribution in [0.5, 0.6) is 0 Å². The Kier molecular flexibility index (Phi) is 3.76. The molecule has 0 fully saturated rings. The molecule has 5 aromatic carbocycles. The van der Waals surface area contributed by atoms with Crippen molar-refractivity contribution in [2.24, 2.45) is 0 Å². The number of aryl methyl sites for hydroxylation is 3. The van der Waals surface area contributed by atoms with Crippen LogP contribution in [-0.2, 0) is 0 Å². The third kappa shape index (κ3) is 2.44. The Bertz CT molecular complexity index is 1590. The topological polar surface area (TPSA) is 3.24 Å². The summed E-state index contributed by atoms with van der Waals surface area (Å²) in [5.74, 6) is 0. The third-order valence-corrected chi connectivity index (χ3v) is 7.53. The smallest absolute Gasteiger partial charge is 0.247 e. The molecule has 0 bridgehead atoms. The molecule has 5 aromatic rings. The molecule has 0 aromatic heterocycles. The van der Waals surface area contributed by atoms with Gasteiger partial charge in [-0.2, -0.15) is 0 Å². The van der Waals surface area contributed by atoms with E-state index in [1.807, 2.05) is 0 Å². The van der Waals surface area contributed by atoms with Gasteiger partial charge in [0.1, 0.15) is 0 Å². The van der Waals surface area contributed by atoms with Crippen LogP contribution in [0.2, 0.25) is 0 Å². The number of hydrogen-bond donors (Lipinski definition) is 0. The Morgan fingerprint density at radius 1 is 0.606 bits per heavy atom. The van der Waals surface area contributed by atoms with Crippen LogP contribution >= 0.6 is 0 Å². The second kappa shape index (κ2) is 6.62. The highest BCUT2D eigenvalue weighted by Crippen LogP contribution is 2.50. The van der Waals surface area contributed by atoms with Crippen LogP contribution < -0.4 is 21.3 Å². The van der Waals surface area contributed by atoms with E-state index in [1.165, 1.54) is 72.0 Å². The molecule has 0 amide bonds. The van der Waals surface area contributed by atoms with Crippen molar-refractivity contribution >= 4 is 50.9 Å². The first-order chi connectivity index (χ1) is 16.1. The zero-order valence-electron chi connectivity index (χ0n) is 19.2. The molecule has 33 heavy (non-hydrogen) atoms. The lowest BCUT2D eigenvalue weighted by molar-refractivity contribution is 1.29.